The van der Waals surface area contributed by atoms with Gasteiger partial charge in [0.15, 0.2) is 11.6 Å². The molecule has 1 aromatic carbocycles. The third-order valence-electron chi connectivity index (χ3n) is 2.36. The molecule has 1 heterocycles. The van der Waals surface area contributed by atoms with E-state index in [-0.39, 0.29) is 11.1 Å². The number of benzene rings is 1. The zero-order valence-electron chi connectivity index (χ0n) is 9.36. The van der Waals surface area contributed by atoms with Gasteiger partial charge in [-0.15, -0.1) is 11.3 Å². The fourth-order valence-corrected chi connectivity index (χ4v) is 2.21. The molecule has 0 radical (unpaired) electrons. The normalized spacial score (nSPS) is 11.6. The summed E-state index contributed by atoms with van der Waals surface area (Å²) in [6.07, 6.45) is 0.978. The minimum Gasteiger partial charge on any atom is -0.478 e. The van der Waals surface area contributed by atoms with Crippen molar-refractivity contribution in [2.75, 3.05) is 0 Å². The average molecular weight is 284 g/mol. The smallest absolute Gasteiger partial charge is 0.337 e. The third-order valence-corrected chi connectivity index (χ3v) is 3.26. The van der Waals surface area contributed by atoms with Crippen LogP contribution in [0.2, 0.25) is 0 Å². The van der Waals surface area contributed by atoms with Gasteiger partial charge in [-0.05, 0) is 23.6 Å². The second-order valence-corrected chi connectivity index (χ2v) is 4.58. The van der Waals surface area contributed by atoms with E-state index in [0.29, 0.717) is 17.0 Å². The summed E-state index contributed by atoms with van der Waals surface area (Å²) in [5.74, 6) is -4.84. The van der Waals surface area contributed by atoms with E-state index in [2.05, 4.69) is 0 Å². The van der Waals surface area contributed by atoms with Crippen molar-refractivity contribution in [2.45, 2.75) is 0 Å². The summed E-state index contributed by atoms with van der Waals surface area (Å²) in [6, 6.07) is 4.19. The van der Waals surface area contributed by atoms with Gasteiger partial charge in [0.1, 0.15) is 5.82 Å². The van der Waals surface area contributed by atoms with E-state index in [1.165, 1.54) is 0 Å². The van der Waals surface area contributed by atoms with E-state index in [1.54, 1.807) is 17.5 Å². The maximum Gasteiger partial charge on any atom is 0.337 e. The zero-order chi connectivity index (χ0) is 14.0. The standard InChI is InChI=1S/C13H7F3O2S/c14-9-6-11(16)10(15)5-7(9)4-8(13(17)18)12-2-1-3-19-12/h1-6H,(H,17,18)/b8-4+. The molecule has 0 fully saturated rings. The molecule has 98 valence electrons. The largest absolute Gasteiger partial charge is 0.478 e. The summed E-state index contributed by atoms with van der Waals surface area (Å²) < 4.78 is 39.3. The van der Waals surface area contributed by atoms with Crippen LogP contribution in [0.4, 0.5) is 13.2 Å². The fraction of sp³-hybridized carbons (Fsp3) is 0. The van der Waals surface area contributed by atoms with Crippen molar-refractivity contribution in [2.24, 2.45) is 0 Å². The molecule has 2 aromatic rings. The molecule has 2 nitrogen and oxygen atoms in total. The topological polar surface area (TPSA) is 37.3 Å². The Morgan fingerprint density at radius 3 is 2.42 bits per heavy atom. The highest BCUT2D eigenvalue weighted by molar-refractivity contribution is 7.11. The van der Waals surface area contributed by atoms with Crippen molar-refractivity contribution < 1.29 is 23.1 Å². The molecule has 0 saturated heterocycles. The lowest BCUT2D eigenvalue weighted by molar-refractivity contribution is -0.130. The number of hydrogen-bond acceptors (Lipinski definition) is 2. The molecule has 0 atom stereocenters. The van der Waals surface area contributed by atoms with E-state index in [0.717, 1.165) is 17.4 Å². The lowest BCUT2D eigenvalue weighted by Crippen LogP contribution is -1.99. The van der Waals surface area contributed by atoms with Crippen molar-refractivity contribution in [1.82, 2.24) is 0 Å². The summed E-state index contributed by atoms with van der Waals surface area (Å²) in [4.78, 5) is 11.5. The van der Waals surface area contributed by atoms with E-state index in [9.17, 15) is 18.0 Å². The van der Waals surface area contributed by atoms with Crippen molar-refractivity contribution in [3.05, 3.63) is 57.5 Å². The first-order valence-electron chi connectivity index (χ1n) is 5.12. The highest BCUT2D eigenvalue weighted by atomic mass is 32.1. The molecule has 0 amide bonds. The van der Waals surface area contributed by atoms with E-state index < -0.39 is 23.4 Å². The first-order valence-corrected chi connectivity index (χ1v) is 6.00. The van der Waals surface area contributed by atoms with Crippen LogP contribution >= 0.6 is 11.3 Å². The molecule has 0 aliphatic carbocycles. The number of carboxylic acid groups (broad SMARTS) is 1. The van der Waals surface area contributed by atoms with Crippen LogP contribution in [-0.2, 0) is 4.79 Å². The summed E-state index contributed by atoms with van der Waals surface area (Å²) >= 11 is 1.15. The highest BCUT2D eigenvalue weighted by Crippen LogP contribution is 2.25. The van der Waals surface area contributed by atoms with Crippen LogP contribution < -0.4 is 0 Å². The van der Waals surface area contributed by atoms with Gasteiger partial charge in [-0.2, -0.15) is 0 Å². The quantitative estimate of drug-likeness (QED) is 0.687. The molecule has 1 N–H and O–H groups in total. The summed E-state index contributed by atoms with van der Waals surface area (Å²) in [6.45, 7) is 0. The second kappa shape index (κ2) is 5.27. The molecule has 19 heavy (non-hydrogen) atoms. The number of hydrogen-bond donors (Lipinski definition) is 1. The zero-order valence-corrected chi connectivity index (χ0v) is 10.2. The van der Waals surface area contributed by atoms with Gasteiger partial charge in [0.25, 0.3) is 0 Å². The van der Waals surface area contributed by atoms with Gasteiger partial charge in [0.2, 0.25) is 0 Å². The Labute approximate surface area is 110 Å². The minimum atomic E-state index is -1.32. The van der Waals surface area contributed by atoms with Gasteiger partial charge in [-0.25, -0.2) is 18.0 Å². The molecule has 0 saturated carbocycles. The van der Waals surface area contributed by atoms with Crippen LogP contribution in [-0.4, -0.2) is 11.1 Å². The average Bonchev–Trinajstić information content (AvgIpc) is 2.85. The maximum atomic E-state index is 13.5. The third kappa shape index (κ3) is 2.85. The Kier molecular flexibility index (Phi) is 3.71. The van der Waals surface area contributed by atoms with Gasteiger partial charge in [0, 0.05) is 16.5 Å². The van der Waals surface area contributed by atoms with Crippen LogP contribution in [0, 0.1) is 17.5 Å². The van der Waals surface area contributed by atoms with Crippen LogP contribution in [0.1, 0.15) is 10.4 Å². The lowest BCUT2D eigenvalue weighted by Gasteiger charge is -2.02. The molecule has 0 unspecified atom stereocenters. The van der Waals surface area contributed by atoms with Gasteiger partial charge in [-0.1, -0.05) is 6.07 Å². The highest BCUT2D eigenvalue weighted by Gasteiger charge is 2.14. The van der Waals surface area contributed by atoms with Crippen LogP contribution in [0.15, 0.2) is 29.6 Å². The first kappa shape index (κ1) is 13.4. The van der Waals surface area contributed by atoms with Crippen molar-refractivity contribution in [3.63, 3.8) is 0 Å². The molecule has 0 bridgehead atoms. The van der Waals surface area contributed by atoms with Crippen molar-refractivity contribution in [1.29, 1.82) is 0 Å². The van der Waals surface area contributed by atoms with Gasteiger partial charge in [-0.3, -0.25) is 0 Å². The van der Waals surface area contributed by atoms with E-state index in [4.69, 9.17) is 5.11 Å². The number of aliphatic carboxylic acids is 1. The number of rotatable bonds is 3. The Morgan fingerprint density at radius 2 is 1.84 bits per heavy atom. The number of thiophene rings is 1. The molecule has 6 heteroatoms. The Balaban J connectivity index is 2.54. The Hall–Kier alpha value is -2.08. The summed E-state index contributed by atoms with van der Waals surface area (Å²) in [5.41, 5.74) is -0.496. The first-order chi connectivity index (χ1) is 8.99. The monoisotopic (exact) mass is 284 g/mol. The SMILES string of the molecule is O=C(O)/C(=C/c1cc(F)c(F)cc1F)c1cccs1. The van der Waals surface area contributed by atoms with Crippen molar-refractivity contribution in [3.8, 4) is 0 Å². The second-order valence-electron chi connectivity index (χ2n) is 3.63. The summed E-state index contributed by atoms with van der Waals surface area (Å²) in [5, 5.41) is 10.7. The molecular formula is C13H7F3O2S. The van der Waals surface area contributed by atoms with E-state index >= 15 is 0 Å². The van der Waals surface area contributed by atoms with Gasteiger partial charge in [0.05, 0.1) is 5.57 Å². The van der Waals surface area contributed by atoms with Crippen molar-refractivity contribution >= 4 is 29.0 Å². The molecule has 0 aliphatic heterocycles. The number of carbonyl (C=O) groups is 1. The number of halogens is 3. The van der Waals surface area contributed by atoms with E-state index in [1.807, 2.05) is 0 Å². The van der Waals surface area contributed by atoms with Crippen LogP contribution in [0.3, 0.4) is 0 Å². The van der Waals surface area contributed by atoms with Crippen LogP contribution in [0.25, 0.3) is 11.6 Å². The van der Waals surface area contributed by atoms with Gasteiger partial charge >= 0.3 is 5.97 Å². The molecular weight excluding hydrogens is 277 g/mol. The number of carboxylic acids is 1. The lowest BCUT2D eigenvalue weighted by atomic mass is 10.1. The summed E-state index contributed by atoms with van der Waals surface area (Å²) in [7, 11) is 0. The molecule has 1 aromatic heterocycles. The molecule has 0 spiro atoms. The predicted molar refractivity (Wildman–Crippen MR) is 66.1 cm³/mol. The Morgan fingerprint density at radius 1 is 1.16 bits per heavy atom. The predicted octanol–water partition coefficient (Wildman–Crippen LogP) is 3.79. The Bertz CT molecular complexity index is 648. The van der Waals surface area contributed by atoms with Gasteiger partial charge < -0.3 is 5.11 Å². The molecule has 0 aliphatic rings. The molecule has 2 rings (SSSR count). The van der Waals surface area contributed by atoms with Crippen LogP contribution in [0.5, 0.6) is 0 Å². The fourth-order valence-electron chi connectivity index (χ4n) is 1.47. The maximum absolute atomic E-state index is 13.5. The minimum absolute atomic E-state index is 0.181.